The van der Waals surface area contributed by atoms with E-state index >= 15 is 0 Å². The number of alkyl halides is 22. The zero-order valence-corrected chi connectivity index (χ0v) is 20.4. The van der Waals surface area contributed by atoms with E-state index in [-0.39, 0.29) is 22.8 Å². The van der Waals surface area contributed by atoms with E-state index in [1.54, 1.807) is 0 Å². The summed E-state index contributed by atoms with van der Waals surface area (Å²) in [5, 5.41) is 0.458. The molecule has 0 atom stereocenters. The maximum Gasteiger partial charge on any atom is 0.384 e. The Hall–Kier alpha value is -3.38. The number of halogens is 22. The van der Waals surface area contributed by atoms with Gasteiger partial charge < -0.3 is 10.6 Å². The molecule has 0 unspecified atom stereocenters. The lowest BCUT2D eigenvalue weighted by Crippen LogP contribution is -2.86. The molecule has 2 saturated carbocycles. The van der Waals surface area contributed by atoms with Crippen molar-refractivity contribution in [3.05, 3.63) is 24.3 Å². The first-order valence-corrected chi connectivity index (χ1v) is 10.9. The van der Waals surface area contributed by atoms with Gasteiger partial charge in [-0.3, -0.25) is 9.59 Å². The molecule has 2 N–H and O–H groups in total. The lowest BCUT2D eigenvalue weighted by molar-refractivity contribution is -0.475. The molecule has 1 aromatic carbocycles. The number of hydrogen-bond donors (Lipinski definition) is 2. The molecule has 1 aromatic rings. The topological polar surface area (TPSA) is 58.2 Å². The van der Waals surface area contributed by atoms with Crippen LogP contribution in [0.2, 0.25) is 0 Å². The van der Waals surface area contributed by atoms with Gasteiger partial charge in [0, 0.05) is 0 Å². The van der Waals surface area contributed by atoms with E-state index in [4.69, 9.17) is 0 Å². The Kier molecular flexibility index (Phi) is 7.38. The normalized spacial score (nSPS) is 29.2. The molecule has 3 rings (SSSR count). The number of carbonyl (C=O) groups excluding carboxylic acids is 2. The van der Waals surface area contributed by atoms with Crippen molar-refractivity contribution < 1.29 is 106 Å². The van der Waals surface area contributed by atoms with E-state index in [1.165, 1.54) is 0 Å². The van der Waals surface area contributed by atoms with Gasteiger partial charge in [-0.05, 0) is 12.1 Å². The molecule has 4 nitrogen and oxygen atoms in total. The Morgan fingerprint density at radius 1 is 0.348 bits per heavy atom. The van der Waals surface area contributed by atoms with Crippen LogP contribution >= 0.6 is 0 Å². The third kappa shape index (κ3) is 3.47. The molecule has 0 bridgehead atoms. The molecule has 0 aromatic heterocycles. The van der Waals surface area contributed by atoms with Gasteiger partial charge in [-0.15, -0.1) is 0 Å². The minimum Gasteiger partial charge on any atom is -0.321 e. The second-order valence-corrected chi connectivity index (χ2v) is 9.51. The standard InChI is InChI=1S/C20H6F22N2O2/c21-9(11(23,24)15(31,32)19(39,40)16(33,34)12(9,25)26)7(45)43-5-3-1-2-4-6(5)44-8(46)10(22)13(27,28)17(35,36)20(41,42)18(37,38)14(10,29)30/h1-4H,(H,43,45)(H,44,46). The highest BCUT2D eigenvalue weighted by Gasteiger charge is 3.04. The van der Waals surface area contributed by atoms with Gasteiger partial charge in [0.05, 0.1) is 11.4 Å². The summed E-state index contributed by atoms with van der Waals surface area (Å²) in [6.45, 7) is 0. The summed E-state index contributed by atoms with van der Waals surface area (Å²) in [7, 11) is 0. The summed E-state index contributed by atoms with van der Waals surface area (Å²) in [5.41, 5.74) is -19.2. The molecule has 262 valence electrons. The lowest BCUT2D eigenvalue weighted by atomic mass is 9.71. The number of amides is 2. The van der Waals surface area contributed by atoms with Gasteiger partial charge in [0.15, 0.2) is 0 Å². The number of anilines is 2. The maximum atomic E-state index is 14.9. The third-order valence-corrected chi connectivity index (χ3v) is 6.93. The van der Waals surface area contributed by atoms with E-state index in [0.717, 1.165) is 0 Å². The average Bonchev–Trinajstić information content (AvgIpc) is 2.90. The van der Waals surface area contributed by atoms with Crippen molar-refractivity contribution in [2.75, 3.05) is 10.6 Å². The second kappa shape index (κ2) is 9.15. The SMILES string of the molecule is O=C(Nc1ccccc1NC(=O)C1(F)C(F)(F)C(F)(F)C(F)(F)C(F)(F)C1(F)F)C1(F)C(F)(F)C(F)(F)C(F)(F)C(F)(F)C1(F)F. The fourth-order valence-corrected chi connectivity index (χ4v) is 4.13. The largest absolute Gasteiger partial charge is 0.384 e. The van der Waals surface area contributed by atoms with E-state index < -0.39 is 93.8 Å². The third-order valence-electron chi connectivity index (χ3n) is 6.93. The zero-order chi connectivity index (χ0) is 36.6. The number of rotatable bonds is 4. The molecule has 2 amide bonds. The number of para-hydroxylation sites is 2. The van der Waals surface area contributed by atoms with Crippen LogP contribution in [0.15, 0.2) is 24.3 Å². The summed E-state index contributed by atoms with van der Waals surface area (Å²) in [6, 6.07) is 0.256. The highest BCUT2D eigenvalue weighted by molar-refractivity contribution is 6.06. The Morgan fingerprint density at radius 2 is 0.522 bits per heavy atom. The summed E-state index contributed by atoms with van der Waals surface area (Å²) < 4.78 is 306. The van der Waals surface area contributed by atoms with Crippen LogP contribution in [0.3, 0.4) is 0 Å². The molecule has 0 radical (unpaired) electrons. The monoisotopic (exact) mass is 724 g/mol. The first kappa shape index (κ1) is 37.1. The summed E-state index contributed by atoms with van der Waals surface area (Å²) in [6.07, 6.45) is 0. The average molecular weight is 724 g/mol. The molecule has 0 heterocycles. The Bertz CT molecular complexity index is 1290. The zero-order valence-electron chi connectivity index (χ0n) is 20.4. The van der Waals surface area contributed by atoms with Gasteiger partial charge >= 0.3 is 70.6 Å². The number of carbonyl (C=O) groups is 2. The minimum atomic E-state index is -7.86. The second-order valence-electron chi connectivity index (χ2n) is 9.51. The van der Waals surface area contributed by atoms with Crippen LogP contribution in [0.25, 0.3) is 0 Å². The molecular weight excluding hydrogens is 718 g/mol. The molecule has 0 spiro atoms. The first-order valence-electron chi connectivity index (χ1n) is 10.9. The Balaban J connectivity index is 2.15. The molecular formula is C20H6F22N2O2. The van der Waals surface area contributed by atoms with E-state index in [0.29, 0.717) is 12.1 Å². The van der Waals surface area contributed by atoms with Gasteiger partial charge in [0.2, 0.25) is 0 Å². The van der Waals surface area contributed by atoms with Crippen LogP contribution < -0.4 is 10.6 Å². The van der Waals surface area contributed by atoms with Crippen molar-refractivity contribution in [1.82, 2.24) is 0 Å². The highest BCUT2D eigenvalue weighted by Crippen LogP contribution is 2.71. The van der Waals surface area contributed by atoms with Crippen molar-refractivity contribution in [3.8, 4) is 0 Å². The highest BCUT2D eigenvalue weighted by atomic mass is 19.4. The summed E-state index contributed by atoms with van der Waals surface area (Å²) >= 11 is 0. The summed E-state index contributed by atoms with van der Waals surface area (Å²) in [5.74, 6) is -86.8. The van der Waals surface area contributed by atoms with Crippen LogP contribution in [0.4, 0.5) is 108 Å². The minimum absolute atomic E-state index is 0.166. The molecule has 0 aliphatic heterocycles. The number of nitrogens with one attached hydrogen (secondary N) is 2. The Morgan fingerprint density at radius 3 is 0.717 bits per heavy atom. The lowest BCUT2D eigenvalue weighted by Gasteiger charge is -2.51. The predicted molar refractivity (Wildman–Crippen MR) is 101 cm³/mol. The van der Waals surface area contributed by atoms with Crippen LogP contribution in [0, 0.1) is 0 Å². The fraction of sp³-hybridized carbons (Fsp3) is 0.600. The van der Waals surface area contributed by atoms with Gasteiger partial charge in [-0.1, -0.05) is 12.1 Å². The van der Waals surface area contributed by atoms with Gasteiger partial charge in [0.25, 0.3) is 11.8 Å². The van der Waals surface area contributed by atoms with Crippen LogP contribution in [-0.4, -0.2) is 82.4 Å². The fourth-order valence-electron chi connectivity index (χ4n) is 4.13. The summed E-state index contributed by atoms with van der Waals surface area (Å²) in [4.78, 5) is 24.2. The van der Waals surface area contributed by atoms with Crippen molar-refractivity contribution in [1.29, 1.82) is 0 Å². The van der Waals surface area contributed by atoms with Gasteiger partial charge in [0.1, 0.15) is 0 Å². The van der Waals surface area contributed by atoms with Crippen molar-refractivity contribution >= 4 is 23.2 Å². The molecule has 0 saturated heterocycles. The van der Waals surface area contributed by atoms with Crippen LogP contribution in [-0.2, 0) is 9.59 Å². The van der Waals surface area contributed by atoms with Crippen LogP contribution in [0.5, 0.6) is 0 Å². The molecule has 2 fully saturated rings. The number of benzene rings is 1. The van der Waals surface area contributed by atoms with Crippen molar-refractivity contribution in [2.45, 2.75) is 70.6 Å². The first-order chi connectivity index (χ1) is 20.0. The van der Waals surface area contributed by atoms with Gasteiger partial charge in [-0.25, -0.2) is 8.78 Å². The Labute approximate surface area is 236 Å². The molecule has 46 heavy (non-hydrogen) atoms. The maximum absolute atomic E-state index is 14.9. The molecule has 2 aliphatic rings. The predicted octanol–water partition coefficient (Wildman–Crippen LogP) is 7.36. The quantitative estimate of drug-likeness (QED) is 0.319. The van der Waals surface area contributed by atoms with E-state index in [1.807, 2.05) is 0 Å². The smallest absolute Gasteiger partial charge is 0.321 e. The molecule has 2 aliphatic carbocycles. The van der Waals surface area contributed by atoms with Crippen molar-refractivity contribution in [3.63, 3.8) is 0 Å². The van der Waals surface area contributed by atoms with E-state index in [2.05, 4.69) is 0 Å². The van der Waals surface area contributed by atoms with Crippen molar-refractivity contribution in [2.24, 2.45) is 0 Å². The van der Waals surface area contributed by atoms with Gasteiger partial charge in [-0.2, -0.15) is 87.8 Å². The van der Waals surface area contributed by atoms with E-state index in [9.17, 15) is 106 Å². The number of hydrogen-bond acceptors (Lipinski definition) is 2. The molecule has 26 heteroatoms. The van der Waals surface area contributed by atoms with Crippen LogP contribution in [0.1, 0.15) is 0 Å².